The standard InChI is InChI=1S/C43H82O6/c1-5-8-10-12-13-14-15-16-17-18-19-23-27-30-34-41(44)47-37-40(49-43(46)36-32-25-11-9-6-2)38-48-42(45)35-31-28-24-21-20-22-26-29-33-39(4)7-3/h39-40H,5-38H2,1-4H3/t39?,40-/m1/s1. The molecule has 0 aromatic heterocycles. The molecule has 0 aliphatic carbocycles. The van der Waals surface area contributed by atoms with E-state index in [-0.39, 0.29) is 31.1 Å². The summed E-state index contributed by atoms with van der Waals surface area (Å²) in [6.45, 7) is 8.91. The lowest BCUT2D eigenvalue weighted by Gasteiger charge is -2.18. The summed E-state index contributed by atoms with van der Waals surface area (Å²) in [5, 5.41) is 0. The van der Waals surface area contributed by atoms with E-state index in [0.717, 1.165) is 70.1 Å². The molecule has 0 fully saturated rings. The molecule has 0 aliphatic heterocycles. The van der Waals surface area contributed by atoms with Gasteiger partial charge in [0.25, 0.3) is 0 Å². The van der Waals surface area contributed by atoms with Gasteiger partial charge in [0.1, 0.15) is 13.2 Å². The van der Waals surface area contributed by atoms with Crippen molar-refractivity contribution >= 4 is 17.9 Å². The highest BCUT2D eigenvalue weighted by molar-refractivity contribution is 5.71. The van der Waals surface area contributed by atoms with Crippen LogP contribution in [-0.2, 0) is 28.6 Å². The Kier molecular flexibility index (Phi) is 36.4. The van der Waals surface area contributed by atoms with Crippen LogP contribution in [-0.4, -0.2) is 37.2 Å². The lowest BCUT2D eigenvalue weighted by molar-refractivity contribution is -0.167. The van der Waals surface area contributed by atoms with Crippen molar-refractivity contribution in [1.82, 2.24) is 0 Å². The van der Waals surface area contributed by atoms with Gasteiger partial charge in [0.2, 0.25) is 0 Å². The zero-order valence-corrected chi connectivity index (χ0v) is 33.1. The SMILES string of the molecule is CCCCCCCCCCCCCCCCC(=O)OC[C@H](COC(=O)CCCCCCCCCCC(C)CC)OC(=O)CCCCCCC. The molecule has 0 aliphatic rings. The van der Waals surface area contributed by atoms with Gasteiger partial charge in [-0.05, 0) is 25.2 Å². The Morgan fingerprint density at radius 1 is 0.408 bits per heavy atom. The molecular formula is C43H82O6. The molecule has 0 bridgehead atoms. The molecule has 6 heteroatoms. The molecule has 290 valence electrons. The number of rotatable bonds is 38. The number of unbranched alkanes of at least 4 members (excludes halogenated alkanes) is 24. The summed E-state index contributed by atoms with van der Waals surface area (Å²) >= 11 is 0. The van der Waals surface area contributed by atoms with Crippen LogP contribution in [0.3, 0.4) is 0 Å². The lowest BCUT2D eigenvalue weighted by Crippen LogP contribution is -2.30. The second-order valence-corrected chi connectivity index (χ2v) is 14.9. The highest BCUT2D eigenvalue weighted by Gasteiger charge is 2.19. The Hall–Kier alpha value is -1.59. The third-order valence-corrected chi connectivity index (χ3v) is 9.90. The van der Waals surface area contributed by atoms with Gasteiger partial charge in [-0.15, -0.1) is 0 Å². The van der Waals surface area contributed by atoms with Gasteiger partial charge < -0.3 is 14.2 Å². The summed E-state index contributed by atoms with van der Waals surface area (Å²) in [5.74, 6) is -0.0256. The molecule has 0 heterocycles. The number of hydrogen-bond acceptors (Lipinski definition) is 6. The Labute approximate surface area is 304 Å². The van der Waals surface area contributed by atoms with Crippen LogP contribution in [0.5, 0.6) is 0 Å². The molecule has 0 saturated carbocycles. The Balaban J connectivity index is 4.18. The van der Waals surface area contributed by atoms with Crippen LogP contribution in [0, 0.1) is 5.92 Å². The summed E-state index contributed by atoms with van der Waals surface area (Å²) in [5.41, 5.74) is 0. The lowest BCUT2D eigenvalue weighted by atomic mass is 9.99. The molecule has 0 spiro atoms. The van der Waals surface area contributed by atoms with E-state index in [1.165, 1.54) is 122 Å². The molecule has 1 unspecified atom stereocenters. The minimum atomic E-state index is -0.757. The van der Waals surface area contributed by atoms with E-state index in [4.69, 9.17) is 14.2 Å². The number of carbonyl (C=O) groups excluding carboxylic acids is 3. The molecule has 0 radical (unpaired) electrons. The number of hydrogen-bond donors (Lipinski definition) is 0. The van der Waals surface area contributed by atoms with Crippen molar-refractivity contribution < 1.29 is 28.6 Å². The van der Waals surface area contributed by atoms with Crippen molar-refractivity contribution in [1.29, 1.82) is 0 Å². The van der Waals surface area contributed by atoms with Gasteiger partial charge in [-0.1, -0.05) is 195 Å². The molecule has 0 rings (SSSR count). The predicted molar refractivity (Wildman–Crippen MR) is 206 cm³/mol. The van der Waals surface area contributed by atoms with Crippen molar-refractivity contribution in [2.24, 2.45) is 5.92 Å². The van der Waals surface area contributed by atoms with Gasteiger partial charge in [0.15, 0.2) is 6.10 Å². The Bertz CT molecular complexity index is 738. The minimum absolute atomic E-state index is 0.0658. The van der Waals surface area contributed by atoms with E-state index < -0.39 is 6.10 Å². The largest absolute Gasteiger partial charge is 0.462 e. The van der Waals surface area contributed by atoms with E-state index in [1.54, 1.807) is 0 Å². The van der Waals surface area contributed by atoms with Crippen LogP contribution in [0.1, 0.15) is 233 Å². The smallest absolute Gasteiger partial charge is 0.306 e. The van der Waals surface area contributed by atoms with Crippen LogP contribution in [0.15, 0.2) is 0 Å². The maximum Gasteiger partial charge on any atom is 0.306 e. The molecule has 6 nitrogen and oxygen atoms in total. The zero-order valence-electron chi connectivity index (χ0n) is 33.1. The van der Waals surface area contributed by atoms with Gasteiger partial charge >= 0.3 is 17.9 Å². The summed E-state index contributed by atoms with van der Waals surface area (Å²) < 4.78 is 16.6. The molecule has 0 saturated heterocycles. The van der Waals surface area contributed by atoms with Crippen molar-refractivity contribution in [3.05, 3.63) is 0 Å². The summed E-state index contributed by atoms with van der Waals surface area (Å²) in [4.78, 5) is 37.3. The van der Waals surface area contributed by atoms with Gasteiger partial charge in [0.05, 0.1) is 0 Å². The van der Waals surface area contributed by atoms with Crippen LogP contribution in [0.25, 0.3) is 0 Å². The number of carbonyl (C=O) groups is 3. The summed E-state index contributed by atoms with van der Waals surface area (Å²) in [7, 11) is 0. The topological polar surface area (TPSA) is 78.9 Å². The van der Waals surface area contributed by atoms with Gasteiger partial charge in [-0.3, -0.25) is 14.4 Å². The van der Waals surface area contributed by atoms with Crippen molar-refractivity contribution in [3.63, 3.8) is 0 Å². The number of esters is 3. The monoisotopic (exact) mass is 695 g/mol. The zero-order chi connectivity index (χ0) is 36.0. The van der Waals surface area contributed by atoms with Crippen molar-refractivity contribution in [2.45, 2.75) is 239 Å². The van der Waals surface area contributed by atoms with E-state index in [2.05, 4.69) is 27.7 Å². The van der Waals surface area contributed by atoms with Crippen LogP contribution >= 0.6 is 0 Å². The van der Waals surface area contributed by atoms with Gasteiger partial charge in [-0.2, -0.15) is 0 Å². The highest BCUT2D eigenvalue weighted by Crippen LogP contribution is 2.16. The fraction of sp³-hybridized carbons (Fsp3) is 0.930. The highest BCUT2D eigenvalue weighted by atomic mass is 16.6. The number of ether oxygens (including phenoxy) is 3. The first-order chi connectivity index (χ1) is 23.9. The third-order valence-electron chi connectivity index (χ3n) is 9.90. The average molecular weight is 695 g/mol. The van der Waals surface area contributed by atoms with Crippen molar-refractivity contribution in [2.75, 3.05) is 13.2 Å². The minimum Gasteiger partial charge on any atom is -0.462 e. The molecular weight excluding hydrogens is 612 g/mol. The molecule has 2 atom stereocenters. The average Bonchev–Trinajstić information content (AvgIpc) is 3.10. The Morgan fingerprint density at radius 3 is 1.06 bits per heavy atom. The summed E-state index contributed by atoms with van der Waals surface area (Å²) in [6.07, 6.45) is 35.4. The predicted octanol–water partition coefficient (Wildman–Crippen LogP) is 13.2. The van der Waals surface area contributed by atoms with E-state index in [9.17, 15) is 14.4 Å². The fourth-order valence-corrected chi connectivity index (χ4v) is 6.24. The maximum absolute atomic E-state index is 12.5. The van der Waals surface area contributed by atoms with Crippen LogP contribution in [0.2, 0.25) is 0 Å². The third kappa shape index (κ3) is 36.0. The first-order valence-electron chi connectivity index (χ1n) is 21.4. The fourth-order valence-electron chi connectivity index (χ4n) is 6.24. The maximum atomic E-state index is 12.5. The van der Waals surface area contributed by atoms with Gasteiger partial charge in [0, 0.05) is 19.3 Å². The quantitative estimate of drug-likeness (QED) is 0.0364. The van der Waals surface area contributed by atoms with E-state index in [1.807, 2.05) is 0 Å². The molecule has 49 heavy (non-hydrogen) atoms. The molecule has 0 amide bonds. The van der Waals surface area contributed by atoms with E-state index >= 15 is 0 Å². The van der Waals surface area contributed by atoms with Crippen molar-refractivity contribution in [3.8, 4) is 0 Å². The van der Waals surface area contributed by atoms with Crippen LogP contribution in [0.4, 0.5) is 0 Å². The van der Waals surface area contributed by atoms with E-state index in [0.29, 0.717) is 19.3 Å². The molecule has 0 aromatic carbocycles. The first kappa shape index (κ1) is 47.4. The second kappa shape index (κ2) is 37.7. The molecule has 0 aromatic rings. The van der Waals surface area contributed by atoms with Gasteiger partial charge in [-0.25, -0.2) is 0 Å². The normalized spacial score (nSPS) is 12.5. The van der Waals surface area contributed by atoms with Crippen LogP contribution < -0.4 is 0 Å². The summed E-state index contributed by atoms with van der Waals surface area (Å²) in [6, 6.07) is 0. The first-order valence-corrected chi connectivity index (χ1v) is 21.4. The Morgan fingerprint density at radius 2 is 0.714 bits per heavy atom. The molecule has 0 N–H and O–H groups in total. The second-order valence-electron chi connectivity index (χ2n) is 14.9.